The number of thiophene rings is 1. The molecule has 134 valence electrons. The molecule has 3 aromatic rings. The molecule has 0 spiro atoms. The molecule has 0 aliphatic rings. The van der Waals surface area contributed by atoms with Crippen LogP contribution in [0.5, 0.6) is 5.75 Å². The first-order valence-electron chi connectivity index (χ1n) is 7.46. The Balaban J connectivity index is 1.84. The van der Waals surface area contributed by atoms with Crippen molar-refractivity contribution < 1.29 is 9.53 Å². The first-order valence-corrected chi connectivity index (χ1v) is 9.41. The number of benzene rings is 2. The van der Waals surface area contributed by atoms with Crippen molar-refractivity contribution in [2.24, 2.45) is 5.10 Å². The Morgan fingerprint density at radius 2 is 2.04 bits per heavy atom. The molecule has 0 saturated heterocycles. The Morgan fingerprint density at radius 3 is 2.77 bits per heavy atom. The summed E-state index contributed by atoms with van der Waals surface area (Å²) in [6, 6.07) is 8.90. The molecule has 0 aliphatic carbocycles. The molecule has 3 rings (SSSR count). The first-order chi connectivity index (χ1) is 12.4. The molecule has 1 aromatic heterocycles. The molecule has 4 nitrogen and oxygen atoms in total. The standard InChI is InChI=1S/C18H13Cl3N2O2S/c1-9-10(4-3-5-13(9)25-2)8-22-23-18(24)17-16(21)15-12(20)6-11(19)7-14(15)26-17/h3-8H,1-2H3,(H,23,24)/b22-8+. The molecule has 0 atom stereocenters. The van der Waals surface area contributed by atoms with Gasteiger partial charge >= 0.3 is 0 Å². The average molecular weight is 428 g/mol. The molecule has 1 amide bonds. The zero-order valence-electron chi connectivity index (χ0n) is 13.8. The van der Waals surface area contributed by atoms with Crippen LogP contribution in [0.25, 0.3) is 10.1 Å². The Bertz CT molecular complexity index is 1030. The monoisotopic (exact) mass is 426 g/mol. The highest BCUT2D eigenvalue weighted by atomic mass is 35.5. The highest BCUT2D eigenvalue weighted by molar-refractivity contribution is 7.21. The topological polar surface area (TPSA) is 50.7 Å². The molecule has 0 unspecified atom stereocenters. The number of amides is 1. The van der Waals surface area contributed by atoms with E-state index in [4.69, 9.17) is 39.5 Å². The van der Waals surface area contributed by atoms with Gasteiger partial charge in [-0.2, -0.15) is 5.10 Å². The molecule has 1 N–H and O–H groups in total. The summed E-state index contributed by atoms with van der Waals surface area (Å²) >= 11 is 19.7. The number of hydrogen-bond donors (Lipinski definition) is 1. The molecule has 8 heteroatoms. The van der Waals surface area contributed by atoms with E-state index in [2.05, 4.69) is 10.5 Å². The molecule has 0 fully saturated rings. The maximum atomic E-state index is 12.4. The van der Waals surface area contributed by atoms with Gasteiger partial charge in [0.25, 0.3) is 5.91 Å². The normalized spacial score (nSPS) is 11.3. The molecule has 0 radical (unpaired) electrons. The Kier molecular flexibility index (Phi) is 5.73. The van der Waals surface area contributed by atoms with E-state index in [1.807, 2.05) is 25.1 Å². The number of halogens is 3. The van der Waals surface area contributed by atoms with E-state index in [0.717, 1.165) is 21.6 Å². The minimum absolute atomic E-state index is 0.289. The predicted molar refractivity (Wildman–Crippen MR) is 110 cm³/mol. The zero-order chi connectivity index (χ0) is 18.8. The smallest absolute Gasteiger partial charge is 0.283 e. The number of nitrogens with zero attached hydrogens (tertiary/aromatic N) is 1. The number of nitrogens with one attached hydrogen (secondary N) is 1. The van der Waals surface area contributed by atoms with Gasteiger partial charge in [0.2, 0.25) is 0 Å². The van der Waals surface area contributed by atoms with Gasteiger partial charge in [0.05, 0.1) is 23.4 Å². The van der Waals surface area contributed by atoms with Crippen LogP contribution in [0.4, 0.5) is 0 Å². The van der Waals surface area contributed by atoms with Crippen molar-refractivity contribution in [1.29, 1.82) is 0 Å². The lowest BCUT2D eigenvalue weighted by Crippen LogP contribution is -2.16. The highest BCUT2D eigenvalue weighted by Crippen LogP contribution is 2.41. The molecular weight excluding hydrogens is 415 g/mol. The SMILES string of the molecule is COc1cccc(/C=N/NC(=O)c2sc3cc(Cl)cc(Cl)c3c2Cl)c1C. The number of carbonyl (C=O) groups excluding carboxylic acids is 1. The van der Waals surface area contributed by atoms with Crippen molar-refractivity contribution in [2.45, 2.75) is 6.92 Å². The Morgan fingerprint density at radius 1 is 1.27 bits per heavy atom. The lowest BCUT2D eigenvalue weighted by atomic mass is 10.1. The van der Waals surface area contributed by atoms with E-state index in [9.17, 15) is 4.79 Å². The summed E-state index contributed by atoms with van der Waals surface area (Å²) < 4.78 is 6.01. The number of hydrogen-bond acceptors (Lipinski definition) is 4. The van der Waals surface area contributed by atoms with Crippen molar-refractivity contribution in [3.8, 4) is 5.75 Å². The van der Waals surface area contributed by atoms with E-state index in [1.165, 1.54) is 11.3 Å². The number of methoxy groups -OCH3 is 1. The fourth-order valence-electron chi connectivity index (χ4n) is 2.46. The average Bonchev–Trinajstić information content (AvgIpc) is 2.93. The van der Waals surface area contributed by atoms with Gasteiger partial charge in [0, 0.05) is 20.7 Å². The van der Waals surface area contributed by atoms with Crippen LogP contribution in [-0.4, -0.2) is 19.2 Å². The maximum absolute atomic E-state index is 12.4. The maximum Gasteiger partial charge on any atom is 0.283 e. The van der Waals surface area contributed by atoms with Crippen LogP contribution in [0.2, 0.25) is 15.1 Å². The molecule has 2 aromatic carbocycles. The summed E-state index contributed by atoms with van der Waals surface area (Å²) in [5, 5.41) is 5.81. The lowest BCUT2D eigenvalue weighted by Gasteiger charge is -2.06. The fraction of sp³-hybridized carbons (Fsp3) is 0.111. The third-order valence-corrected chi connectivity index (χ3v) is 5.91. The summed E-state index contributed by atoms with van der Waals surface area (Å²) in [7, 11) is 1.60. The molecule has 26 heavy (non-hydrogen) atoms. The molecule has 1 heterocycles. The van der Waals surface area contributed by atoms with Crippen LogP contribution in [0.1, 0.15) is 20.8 Å². The van der Waals surface area contributed by atoms with E-state index >= 15 is 0 Å². The third kappa shape index (κ3) is 3.67. The predicted octanol–water partition coefficient (Wildman–Crippen LogP) is 5.94. The van der Waals surface area contributed by atoms with Crippen LogP contribution in [0, 0.1) is 6.92 Å². The first kappa shape index (κ1) is 19.0. The second kappa shape index (κ2) is 7.84. The van der Waals surface area contributed by atoms with Crippen LogP contribution >= 0.6 is 46.1 Å². The van der Waals surface area contributed by atoms with E-state index in [1.54, 1.807) is 25.5 Å². The molecular formula is C18H13Cl3N2O2S. The minimum Gasteiger partial charge on any atom is -0.496 e. The van der Waals surface area contributed by atoms with E-state index in [0.29, 0.717) is 20.3 Å². The Labute approximate surface area is 169 Å². The van der Waals surface area contributed by atoms with Crippen molar-refractivity contribution in [3.05, 3.63) is 61.4 Å². The second-order valence-electron chi connectivity index (χ2n) is 5.38. The molecule has 0 bridgehead atoms. The van der Waals surface area contributed by atoms with Gasteiger partial charge in [0.15, 0.2) is 0 Å². The summed E-state index contributed by atoms with van der Waals surface area (Å²) in [4.78, 5) is 12.8. The fourth-order valence-corrected chi connectivity index (χ4v) is 4.73. The van der Waals surface area contributed by atoms with Crippen LogP contribution in [-0.2, 0) is 0 Å². The Hall–Kier alpha value is -1.79. The number of ether oxygens (including phenoxy) is 1. The van der Waals surface area contributed by atoms with Gasteiger partial charge in [-0.25, -0.2) is 5.43 Å². The van der Waals surface area contributed by atoms with E-state index < -0.39 is 5.91 Å². The van der Waals surface area contributed by atoms with Gasteiger partial charge in [-0.05, 0) is 30.7 Å². The summed E-state index contributed by atoms with van der Waals surface area (Å²) in [5.74, 6) is 0.333. The minimum atomic E-state index is -0.416. The van der Waals surface area contributed by atoms with Crippen LogP contribution in [0.15, 0.2) is 35.4 Å². The van der Waals surface area contributed by atoms with Crippen molar-refractivity contribution in [3.63, 3.8) is 0 Å². The summed E-state index contributed by atoms with van der Waals surface area (Å²) in [6.07, 6.45) is 1.56. The molecule has 0 saturated carbocycles. The van der Waals surface area contributed by atoms with Crippen LogP contribution < -0.4 is 10.2 Å². The number of carbonyl (C=O) groups is 1. The van der Waals surface area contributed by atoms with Crippen LogP contribution in [0.3, 0.4) is 0 Å². The van der Waals surface area contributed by atoms with Gasteiger partial charge < -0.3 is 4.74 Å². The summed E-state index contributed by atoms with van der Waals surface area (Å²) in [6.45, 7) is 1.91. The van der Waals surface area contributed by atoms with E-state index in [-0.39, 0.29) is 5.02 Å². The van der Waals surface area contributed by atoms with Gasteiger partial charge in [-0.15, -0.1) is 11.3 Å². The number of fused-ring (bicyclic) bond motifs is 1. The van der Waals surface area contributed by atoms with Crippen molar-refractivity contribution >= 4 is 68.3 Å². The lowest BCUT2D eigenvalue weighted by molar-refractivity contribution is 0.0959. The second-order valence-corrected chi connectivity index (χ2v) is 7.65. The van der Waals surface area contributed by atoms with Crippen molar-refractivity contribution in [2.75, 3.05) is 7.11 Å². The number of hydrazone groups is 1. The van der Waals surface area contributed by atoms with Gasteiger partial charge in [-0.3, -0.25) is 4.79 Å². The zero-order valence-corrected chi connectivity index (χ0v) is 16.9. The van der Waals surface area contributed by atoms with Crippen molar-refractivity contribution in [1.82, 2.24) is 5.43 Å². The third-order valence-electron chi connectivity index (χ3n) is 3.77. The highest BCUT2D eigenvalue weighted by Gasteiger charge is 2.19. The quantitative estimate of drug-likeness (QED) is 0.413. The number of rotatable bonds is 4. The largest absolute Gasteiger partial charge is 0.496 e. The summed E-state index contributed by atoms with van der Waals surface area (Å²) in [5.41, 5.74) is 4.25. The van der Waals surface area contributed by atoms with Gasteiger partial charge in [0.1, 0.15) is 10.6 Å². The molecule has 0 aliphatic heterocycles. The van der Waals surface area contributed by atoms with Gasteiger partial charge in [-0.1, -0.05) is 46.9 Å².